The fourth-order valence-electron chi connectivity index (χ4n) is 9.36. The Morgan fingerprint density at radius 3 is 1.08 bits per heavy atom. The summed E-state index contributed by atoms with van der Waals surface area (Å²) in [4.78, 5) is 67.3. The van der Waals surface area contributed by atoms with Crippen LogP contribution in [0.1, 0.15) is 404 Å². The number of aliphatic hydroxyl groups is 2. The van der Waals surface area contributed by atoms with Gasteiger partial charge in [-0.3, -0.25) is 28.8 Å². The number of ether oxygens (including phenoxy) is 8. The minimum Gasteiger partial charge on any atom is -0.463 e. The third kappa shape index (κ3) is 72.9. The number of hydrogen-bond donors (Lipinski definition) is 2. The van der Waals surface area contributed by atoms with Crippen LogP contribution in [0.4, 0.5) is 0 Å². The molecule has 23 heteroatoms. The second kappa shape index (κ2) is 95.3. The van der Waals surface area contributed by atoms with E-state index in [0.717, 1.165) is 59.6 Å². The lowest BCUT2D eigenvalue weighted by Gasteiger charge is -2.23. The normalized spacial score (nSPS) is 12.3. The van der Waals surface area contributed by atoms with Crippen LogP contribution in [-0.2, 0) is 73.3 Å². The second-order valence-corrected chi connectivity index (χ2v) is 37.8. The number of carbonyl (C=O) groups excluding carboxylic acids is 6. The number of epoxide rings is 1. The first-order valence-corrected chi connectivity index (χ1v) is 46.5. The summed E-state index contributed by atoms with van der Waals surface area (Å²) in [5.74, 6) is 0.582. The lowest BCUT2D eigenvalue weighted by Crippen LogP contribution is -2.30. The average Bonchev–Trinajstić information content (AvgIpc) is 0.844. The van der Waals surface area contributed by atoms with Crippen molar-refractivity contribution in [3.05, 3.63) is 174 Å². The average molecular weight is 2280 g/mol. The van der Waals surface area contributed by atoms with Crippen LogP contribution in [0.5, 0.6) is 0 Å². The molecule has 0 saturated carbocycles. The predicted molar refractivity (Wildman–Crippen MR) is 631 cm³/mol. The van der Waals surface area contributed by atoms with Gasteiger partial charge in [0.1, 0.15) is 39.1 Å². The van der Waals surface area contributed by atoms with E-state index in [4.69, 9.17) is 78.2 Å². The molecule has 0 amide bonds. The van der Waals surface area contributed by atoms with Crippen molar-refractivity contribution in [1.29, 1.82) is 0 Å². The van der Waals surface area contributed by atoms with Crippen molar-refractivity contribution < 1.29 is 76.9 Å². The summed E-state index contributed by atoms with van der Waals surface area (Å²) in [7, 11) is 0. The van der Waals surface area contributed by atoms with Crippen molar-refractivity contribution in [3.63, 3.8) is 0 Å². The van der Waals surface area contributed by atoms with Crippen LogP contribution < -0.4 is 0 Å². The van der Waals surface area contributed by atoms with E-state index in [2.05, 4.69) is 213 Å². The van der Waals surface area contributed by atoms with E-state index in [0.29, 0.717) is 44.0 Å². The van der Waals surface area contributed by atoms with Crippen LogP contribution >= 0.6 is 98.5 Å². The van der Waals surface area contributed by atoms with Gasteiger partial charge in [0.25, 0.3) is 0 Å². The highest BCUT2D eigenvalue weighted by molar-refractivity contribution is 9.11. The number of aliphatic hydroxyl groups excluding tert-OH is 2. The van der Waals surface area contributed by atoms with Crippen LogP contribution in [-0.4, -0.2) is 115 Å². The summed E-state index contributed by atoms with van der Waals surface area (Å²) in [6.07, 6.45) is 8.31. The first kappa shape index (κ1) is 178. The molecule has 1 aliphatic heterocycles. The molecule has 1 aliphatic rings. The molecule has 9 unspecified atom stereocenters. The molecule has 0 aliphatic carbocycles. The molecule has 7 aromatic carbocycles. The molecular formula is C115H213Br4Cl3O16. The van der Waals surface area contributed by atoms with Crippen molar-refractivity contribution in [2.24, 2.45) is 34.0 Å². The Morgan fingerprint density at radius 1 is 0.399 bits per heavy atom. The Kier molecular flexibility index (Phi) is 123. The highest BCUT2D eigenvalue weighted by atomic mass is 79.9. The summed E-state index contributed by atoms with van der Waals surface area (Å²) in [6, 6.07) is 46.8. The molecule has 0 bridgehead atoms. The molecule has 8 rings (SSSR count). The zero-order chi connectivity index (χ0) is 91.7. The van der Waals surface area contributed by atoms with Gasteiger partial charge in [-0.25, -0.2) is 0 Å². The van der Waals surface area contributed by atoms with Gasteiger partial charge in [-0.05, 0) is 234 Å². The van der Waals surface area contributed by atoms with Crippen LogP contribution in [0.15, 0.2) is 151 Å². The predicted octanol–water partition coefficient (Wildman–Crippen LogP) is 39.3. The quantitative estimate of drug-likeness (QED) is 0.0136. The van der Waals surface area contributed by atoms with Crippen LogP contribution in [0.25, 0.3) is 32.3 Å². The number of rotatable bonds is 31. The van der Waals surface area contributed by atoms with Gasteiger partial charge in [0.2, 0.25) is 3.79 Å². The van der Waals surface area contributed by atoms with E-state index < -0.39 is 27.0 Å². The Bertz CT molecular complexity index is 3980. The van der Waals surface area contributed by atoms with Crippen LogP contribution in [0.3, 0.4) is 0 Å². The SMILES string of the molecule is C.C.C.C.C.C.C.C.C.C.C.C.C.C.C.C.C.C.CCC(C)(C)C(=O)OCC(Cl)(Cl)Cl.CCC(C)(C)C(=O)OCc1ccccc1.CCC(C)C(=O)OCC(C)O.CCC(C)C(=O)OCC1CO1.CCC(C)C(=O)OCCO.CCC(C)c1ccc2c(Br)ccc(Br)c2c1.CCC(C)c1ccc2cccc(Br)c2c1.CCC(C)c1ccc2cccc(Br)c2c1.CCCOC(C)OC(=O)C(C)(C)CC. The zero-order valence-electron chi connectivity index (χ0n) is 75.9. The Labute approximate surface area is 900 Å². The molecule has 1 fully saturated rings. The highest BCUT2D eigenvalue weighted by Crippen LogP contribution is 2.35. The Hall–Kier alpha value is -5.23. The van der Waals surface area contributed by atoms with E-state index >= 15 is 0 Å². The third-order valence-electron chi connectivity index (χ3n) is 20.6. The molecule has 0 radical (unpaired) electrons. The van der Waals surface area contributed by atoms with Gasteiger partial charge in [0.05, 0.1) is 59.9 Å². The standard InChI is InChI=1S/C14H14Br2.2C14H15Br.C13H18O2.C11H22O3.C8H13Cl3O2.C8H14O3.C8H16O3.C7H14O3.18CH4/c1-3-9(2)10-4-5-11-12(8-10)14(16)7-6-13(11)15;2*1-3-10(2)12-8-7-11-5-4-6-14(15)13(11)9-12;1-4-13(2,3)12(14)15-10-11-8-6-5-7-9-11;1-6-8-13-9(3)14-10(12)11(4,5)7-2;1-4-7(2,3)6(12)13-5-8(9,10)11;1-3-6(2)8(9)11-5-7-4-10-7;1-4-6(2)8(10)11-5-7(3)9;1-3-6(2)7(9)10-5-4-8;;;;;;;;;;;;;;;;;;/h4-9H,3H2,1-2H3;2*4-10H,3H2,1-2H3;5-9H,4,10H2,1-3H3;9H,6-8H2,1-5H3;4-5H2,1-3H3;6-7H,3-5H2,1-2H3;6-7,9H,4-5H2,1-3H3;6,8H,3-5H2,1-2H3;18*1H4. The van der Waals surface area contributed by atoms with Gasteiger partial charge >= 0.3 is 35.8 Å². The summed E-state index contributed by atoms with van der Waals surface area (Å²) in [5.41, 5.74) is 3.98. The Morgan fingerprint density at radius 2 is 0.739 bits per heavy atom. The smallest absolute Gasteiger partial charge is 0.313 e. The first-order chi connectivity index (χ1) is 56.3. The molecule has 9 atom stereocenters. The fourth-order valence-corrected chi connectivity index (χ4v) is 11.5. The molecular weight excluding hydrogens is 2060 g/mol. The van der Waals surface area contributed by atoms with Gasteiger partial charge in [0, 0.05) is 17.9 Å². The van der Waals surface area contributed by atoms with Gasteiger partial charge < -0.3 is 48.1 Å². The van der Waals surface area contributed by atoms with E-state index in [9.17, 15) is 28.8 Å². The topological polar surface area (TPSA) is 220 Å². The summed E-state index contributed by atoms with van der Waals surface area (Å²) >= 11 is 30.7. The highest BCUT2D eigenvalue weighted by Gasteiger charge is 2.32. The van der Waals surface area contributed by atoms with Gasteiger partial charge in [-0.15, -0.1) is 0 Å². The third-order valence-corrected chi connectivity index (χ3v) is 23.7. The Balaban J connectivity index is -0.0000000671. The van der Waals surface area contributed by atoms with Crippen molar-refractivity contribution in [1.82, 2.24) is 0 Å². The second-order valence-electron chi connectivity index (χ2n) is 31.9. The number of fused-ring (bicyclic) bond motifs is 3. The van der Waals surface area contributed by atoms with Crippen LogP contribution in [0.2, 0.25) is 0 Å². The molecule has 16 nitrogen and oxygen atoms in total. The molecule has 1 saturated heterocycles. The van der Waals surface area contributed by atoms with Crippen molar-refractivity contribution in [2.75, 3.05) is 46.2 Å². The fraction of sp³-hybridized carbons (Fsp3) is 0.635. The maximum Gasteiger partial charge on any atom is 0.313 e. The van der Waals surface area contributed by atoms with E-state index in [1.165, 1.54) is 77.2 Å². The van der Waals surface area contributed by atoms with Gasteiger partial charge in [0.15, 0.2) is 6.29 Å². The maximum absolute atomic E-state index is 11.6. The van der Waals surface area contributed by atoms with Crippen molar-refractivity contribution in [3.8, 4) is 0 Å². The molecule has 7 aromatic rings. The van der Waals surface area contributed by atoms with Gasteiger partial charge in [-0.2, -0.15) is 0 Å². The van der Waals surface area contributed by atoms with Gasteiger partial charge in [-0.1, -0.05) is 434 Å². The number of halogens is 7. The van der Waals surface area contributed by atoms with E-state index in [1.807, 2.05) is 120 Å². The number of alkyl halides is 3. The summed E-state index contributed by atoms with van der Waals surface area (Å²) in [6.45, 7) is 49.2. The molecule has 0 aromatic heterocycles. The largest absolute Gasteiger partial charge is 0.463 e. The first-order valence-electron chi connectivity index (χ1n) is 42.2. The monoisotopic (exact) mass is 2270 g/mol. The lowest BCUT2D eigenvalue weighted by molar-refractivity contribution is -0.185. The zero-order valence-corrected chi connectivity index (χ0v) is 84.5. The number of benzene rings is 7. The van der Waals surface area contributed by atoms with Crippen LogP contribution in [0, 0.1) is 34.0 Å². The maximum atomic E-state index is 11.6. The summed E-state index contributed by atoms with van der Waals surface area (Å²) in [5, 5.41) is 24.9. The van der Waals surface area contributed by atoms with E-state index in [1.54, 1.807) is 34.6 Å². The molecule has 2 N–H and O–H groups in total. The molecule has 0 spiro atoms. The molecule has 818 valence electrons. The minimum absolute atomic E-state index is 0. The molecule has 138 heavy (non-hydrogen) atoms. The lowest BCUT2D eigenvalue weighted by atomic mass is 9.91. The minimum atomic E-state index is -1.53. The number of esters is 6. The number of hydrogen-bond acceptors (Lipinski definition) is 16. The van der Waals surface area contributed by atoms with Crippen molar-refractivity contribution >= 4 is 167 Å². The van der Waals surface area contributed by atoms with E-state index in [-0.39, 0.29) is 225 Å². The van der Waals surface area contributed by atoms with Crippen molar-refractivity contribution in [2.45, 2.75) is 411 Å². The molecule has 1 heterocycles. The number of carbonyl (C=O) groups is 6. The summed E-state index contributed by atoms with van der Waals surface area (Å²) < 4.78 is 42.9.